The molecule has 8 heteroatoms. The van der Waals surface area contributed by atoms with Crippen molar-refractivity contribution in [3.05, 3.63) is 70.4 Å². The molecule has 2 aromatic carbocycles. The van der Waals surface area contributed by atoms with Crippen LogP contribution in [0.3, 0.4) is 0 Å². The predicted molar refractivity (Wildman–Crippen MR) is 123 cm³/mol. The van der Waals surface area contributed by atoms with Gasteiger partial charge < -0.3 is 20.5 Å². The highest BCUT2D eigenvalue weighted by atomic mass is 35.5. The monoisotopic (exact) mass is 450 g/mol. The molecule has 32 heavy (non-hydrogen) atoms. The highest BCUT2D eigenvalue weighted by Gasteiger charge is 2.17. The first-order valence-electron chi connectivity index (χ1n) is 10.4. The van der Waals surface area contributed by atoms with Crippen LogP contribution in [-0.4, -0.2) is 41.9 Å². The van der Waals surface area contributed by atoms with Crippen LogP contribution in [0.4, 0.5) is 5.82 Å². The van der Waals surface area contributed by atoms with E-state index in [0.29, 0.717) is 22.7 Å². The van der Waals surface area contributed by atoms with Gasteiger partial charge in [-0.3, -0.25) is 4.79 Å². The summed E-state index contributed by atoms with van der Waals surface area (Å²) in [5.74, 6) is 0.449. The molecule has 0 spiro atoms. The topological polar surface area (TPSA) is 107 Å². The smallest absolute Gasteiger partial charge is 0.251 e. The molecule has 1 aliphatic rings. The number of hydrogen-bond donors (Lipinski definition) is 3. The lowest BCUT2D eigenvalue weighted by Gasteiger charge is -2.23. The van der Waals surface area contributed by atoms with E-state index in [0.717, 1.165) is 42.6 Å². The summed E-state index contributed by atoms with van der Waals surface area (Å²) in [5.41, 5.74) is 1.43. The van der Waals surface area contributed by atoms with Gasteiger partial charge in [0.05, 0.1) is 23.2 Å². The maximum Gasteiger partial charge on any atom is 0.251 e. The molecule has 1 aromatic heterocycles. The lowest BCUT2D eigenvalue weighted by molar-refractivity contribution is 0.0903. The van der Waals surface area contributed by atoms with E-state index in [4.69, 9.17) is 21.6 Å². The largest absolute Gasteiger partial charge is 0.394 e. The van der Waals surface area contributed by atoms with Gasteiger partial charge >= 0.3 is 0 Å². The van der Waals surface area contributed by atoms with Gasteiger partial charge in [-0.05, 0) is 54.1 Å². The number of carbonyl (C=O) groups excluding carboxylic acids is 1. The van der Waals surface area contributed by atoms with Crippen LogP contribution in [0.1, 0.15) is 40.4 Å². The molecule has 2 heterocycles. The van der Waals surface area contributed by atoms with Gasteiger partial charge in [-0.1, -0.05) is 23.7 Å². The number of nitrogens with one attached hydrogen (secondary N) is 2. The number of aliphatic hydroxyl groups is 1. The molecular formula is C24H23ClN4O3. The average molecular weight is 451 g/mol. The standard InChI is InChI=1S/C24H23ClN4O3/c25-21-10-15(1-3-17(21)12-26)22(14-30)29-24(31)16-2-4-18-13-27-23(11-19(18)9-16)28-20-5-7-32-8-6-20/h1-4,9-11,13,20,22,30H,5-8,14H2,(H,27,28)(H,29,31)/t22-/m1/s1. The van der Waals surface area contributed by atoms with Crippen LogP contribution in [0.15, 0.2) is 48.7 Å². The van der Waals surface area contributed by atoms with Crippen molar-refractivity contribution in [2.24, 2.45) is 0 Å². The number of aliphatic hydroxyl groups excluding tert-OH is 1. The van der Waals surface area contributed by atoms with Gasteiger partial charge in [-0.25, -0.2) is 4.98 Å². The molecular weight excluding hydrogens is 428 g/mol. The van der Waals surface area contributed by atoms with Crippen molar-refractivity contribution in [1.82, 2.24) is 10.3 Å². The van der Waals surface area contributed by atoms with Crippen molar-refractivity contribution in [2.75, 3.05) is 25.1 Å². The van der Waals surface area contributed by atoms with E-state index in [1.54, 1.807) is 30.5 Å². The van der Waals surface area contributed by atoms with Gasteiger partial charge in [0, 0.05) is 36.4 Å². The number of hydrogen-bond acceptors (Lipinski definition) is 6. The van der Waals surface area contributed by atoms with E-state index in [2.05, 4.69) is 15.6 Å². The van der Waals surface area contributed by atoms with Gasteiger partial charge in [-0.2, -0.15) is 5.26 Å². The minimum atomic E-state index is -0.647. The Morgan fingerprint density at radius 2 is 2.03 bits per heavy atom. The number of nitriles is 1. The Kier molecular flexibility index (Phi) is 6.86. The summed E-state index contributed by atoms with van der Waals surface area (Å²) < 4.78 is 5.40. The number of pyridine rings is 1. The Labute approximate surface area is 191 Å². The number of nitrogens with zero attached hydrogens (tertiary/aromatic N) is 2. The molecule has 1 amide bonds. The zero-order valence-electron chi connectivity index (χ0n) is 17.3. The van der Waals surface area contributed by atoms with Crippen molar-refractivity contribution < 1.29 is 14.6 Å². The van der Waals surface area contributed by atoms with Gasteiger partial charge in [-0.15, -0.1) is 0 Å². The van der Waals surface area contributed by atoms with Crippen LogP contribution in [0.2, 0.25) is 5.02 Å². The Bertz CT molecular complexity index is 1170. The lowest BCUT2D eigenvalue weighted by atomic mass is 10.0. The van der Waals surface area contributed by atoms with Crippen LogP contribution in [0, 0.1) is 11.3 Å². The van der Waals surface area contributed by atoms with Crippen LogP contribution in [0.5, 0.6) is 0 Å². The number of halogens is 1. The van der Waals surface area contributed by atoms with E-state index < -0.39 is 6.04 Å². The highest BCUT2D eigenvalue weighted by molar-refractivity contribution is 6.31. The molecule has 0 saturated carbocycles. The van der Waals surface area contributed by atoms with Crippen molar-refractivity contribution in [2.45, 2.75) is 24.9 Å². The molecule has 0 radical (unpaired) electrons. The molecule has 3 N–H and O–H groups in total. The highest BCUT2D eigenvalue weighted by Crippen LogP contribution is 2.23. The van der Waals surface area contributed by atoms with Crippen molar-refractivity contribution >= 4 is 34.1 Å². The van der Waals surface area contributed by atoms with Crippen LogP contribution >= 0.6 is 11.6 Å². The second-order valence-corrected chi connectivity index (χ2v) is 8.13. The fourth-order valence-corrected chi connectivity index (χ4v) is 3.96. The summed E-state index contributed by atoms with van der Waals surface area (Å²) in [6.07, 6.45) is 3.65. The summed E-state index contributed by atoms with van der Waals surface area (Å²) in [7, 11) is 0. The van der Waals surface area contributed by atoms with E-state index in [-0.39, 0.29) is 17.5 Å². The van der Waals surface area contributed by atoms with Gasteiger partial charge in [0.25, 0.3) is 5.91 Å². The van der Waals surface area contributed by atoms with Crippen LogP contribution < -0.4 is 10.6 Å². The van der Waals surface area contributed by atoms with E-state index in [1.165, 1.54) is 0 Å². The normalized spacial score (nSPS) is 15.2. The Balaban J connectivity index is 1.51. The Morgan fingerprint density at radius 3 is 2.75 bits per heavy atom. The third-order valence-electron chi connectivity index (χ3n) is 5.56. The summed E-state index contributed by atoms with van der Waals surface area (Å²) in [6, 6.07) is 13.8. The van der Waals surface area contributed by atoms with Crippen molar-refractivity contribution in [3.8, 4) is 6.07 Å². The first-order valence-corrected chi connectivity index (χ1v) is 10.8. The number of aromatic nitrogens is 1. The van der Waals surface area contributed by atoms with Gasteiger partial charge in [0.15, 0.2) is 0 Å². The number of benzene rings is 2. The quantitative estimate of drug-likeness (QED) is 0.527. The number of rotatable bonds is 6. The third-order valence-corrected chi connectivity index (χ3v) is 5.87. The molecule has 3 aromatic rings. The maximum absolute atomic E-state index is 12.9. The lowest BCUT2D eigenvalue weighted by Crippen LogP contribution is -2.30. The van der Waals surface area contributed by atoms with Crippen LogP contribution in [0.25, 0.3) is 10.8 Å². The minimum Gasteiger partial charge on any atom is -0.394 e. The average Bonchev–Trinajstić information content (AvgIpc) is 2.82. The maximum atomic E-state index is 12.9. The molecule has 0 unspecified atom stereocenters. The van der Waals surface area contributed by atoms with E-state index in [1.807, 2.05) is 24.3 Å². The van der Waals surface area contributed by atoms with Gasteiger partial charge in [0.1, 0.15) is 11.9 Å². The fraction of sp³-hybridized carbons (Fsp3) is 0.292. The van der Waals surface area contributed by atoms with E-state index in [9.17, 15) is 9.90 Å². The number of carbonyl (C=O) groups is 1. The number of ether oxygens (including phenoxy) is 1. The number of fused-ring (bicyclic) bond motifs is 1. The number of amides is 1. The first-order chi connectivity index (χ1) is 15.6. The molecule has 1 aliphatic heterocycles. The fourth-order valence-electron chi connectivity index (χ4n) is 3.73. The summed E-state index contributed by atoms with van der Waals surface area (Å²) in [6.45, 7) is 1.18. The summed E-state index contributed by atoms with van der Waals surface area (Å²) in [5, 5.41) is 27.2. The molecule has 1 fully saturated rings. The second kappa shape index (κ2) is 9.96. The molecule has 0 bridgehead atoms. The van der Waals surface area contributed by atoms with Crippen molar-refractivity contribution in [1.29, 1.82) is 5.26 Å². The third kappa shape index (κ3) is 5.00. The summed E-state index contributed by atoms with van der Waals surface area (Å²) in [4.78, 5) is 17.4. The Hall–Kier alpha value is -3.18. The van der Waals surface area contributed by atoms with Crippen LogP contribution in [-0.2, 0) is 4.74 Å². The van der Waals surface area contributed by atoms with Crippen molar-refractivity contribution in [3.63, 3.8) is 0 Å². The van der Waals surface area contributed by atoms with Gasteiger partial charge in [0.2, 0.25) is 0 Å². The number of anilines is 1. The SMILES string of the molecule is N#Cc1ccc([C@@H](CO)NC(=O)c2ccc3cnc(NC4CCOCC4)cc3c2)cc1Cl. The molecule has 7 nitrogen and oxygen atoms in total. The summed E-state index contributed by atoms with van der Waals surface area (Å²) >= 11 is 6.10. The molecule has 164 valence electrons. The molecule has 1 saturated heterocycles. The second-order valence-electron chi connectivity index (χ2n) is 7.72. The Morgan fingerprint density at radius 1 is 1.22 bits per heavy atom. The molecule has 4 rings (SSSR count). The predicted octanol–water partition coefficient (Wildman–Crippen LogP) is 3.81. The zero-order chi connectivity index (χ0) is 22.5. The molecule has 1 atom stereocenters. The zero-order valence-corrected chi connectivity index (χ0v) is 18.1. The first kappa shape index (κ1) is 22.0. The molecule has 0 aliphatic carbocycles. The minimum absolute atomic E-state index is 0.278. The van der Waals surface area contributed by atoms with E-state index >= 15 is 0 Å².